The Hall–Kier alpha value is -2.05. The van der Waals surface area contributed by atoms with Gasteiger partial charge < -0.3 is 5.32 Å². The lowest BCUT2D eigenvalue weighted by Gasteiger charge is -2.13. The molecular formula is C15H14ClN3. The molecule has 0 radical (unpaired) electrons. The zero-order valence-electron chi connectivity index (χ0n) is 11.1. The predicted octanol–water partition coefficient (Wildman–Crippen LogP) is 4.28. The number of benzene rings is 1. The van der Waals surface area contributed by atoms with Crippen LogP contribution in [-0.4, -0.2) is 4.98 Å². The largest absolute Gasteiger partial charge is 0.354 e. The molecule has 0 saturated carbocycles. The summed E-state index contributed by atoms with van der Waals surface area (Å²) in [5, 5.41) is 13.2. The zero-order chi connectivity index (χ0) is 14.0. The first-order chi connectivity index (χ1) is 9.02. The van der Waals surface area contributed by atoms with Gasteiger partial charge in [0.2, 0.25) is 0 Å². The molecule has 0 atom stereocenters. The highest BCUT2D eigenvalue weighted by atomic mass is 35.5. The molecule has 1 heterocycles. The number of aryl methyl sites for hydroxylation is 2. The van der Waals surface area contributed by atoms with Gasteiger partial charge >= 0.3 is 0 Å². The predicted molar refractivity (Wildman–Crippen MR) is 77.9 cm³/mol. The van der Waals surface area contributed by atoms with Crippen LogP contribution in [0.4, 0.5) is 11.4 Å². The first-order valence-corrected chi connectivity index (χ1v) is 6.31. The molecule has 2 aromatic rings. The molecule has 1 aromatic carbocycles. The molecular weight excluding hydrogens is 258 g/mol. The average molecular weight is 272 g/mol. The third kappa shape index (κ3) is 2.69. The van der Waals surface area contributed by atoms with Crippen LogP contribution in [0.1, 0.15) is 22.5 Å². The van der Waals surface area contributed by atoms with Crippen molar-refractivity contribution >= 4 is 23.0 Å². The van der Waals surface area contributed by atoms with Crippen molar-refractivity contribution in [3.8, 4) is 6.07 Å². The van der Waals surface area contributed by atoms with Crippen LogP contribution in [0, 0.1) is 32.1 Å². The summed E-state index contributed by atoms with van der Waals surface area (Å²) in [5.74, 6) is 0. The van der Waals surface area contributed by atoms with Crippen molar-refractivity contribution in [3.63, 3.8) is 0 Å². The van der Waals surface area contributed by atoms with Gasteiger partial charge in [-0.1, -0.05) is 17.7 Å². The number of pyridine rings is 1. The van der Waals surface area contributed by atoms with E-state index >= 15 is 0 Å². The molecule has 1 N–H and O–H groups in total. The molecule has 0 spiro atoms. The highest BCUT2D eigenvalue weighted by molar-refractivity contribution is 6.31. The first-order valence-electron chi connectivity index (χ1n) is 5.93. The zero-order valence-corrected chi connectivity index (χ0v) is 11.8. The topological polar surface area (TPSA) is 48.7 Å². The Morgan fingerprint density at radius 3 is 2.63 bits per heavy atom. The van der Waals surface area contributed by atoms with Crippen molar-refractivity contribution in [2.75, 3.05) is 5.32 Å². The quantitative estimate of drug-likeness (QED) is 0.887. The van der Waals surface area contributed by atoms with Gasteiger partial charge in [-0.3, -0.25) is 4.98 Å². The summed E-state index contributed by atoms with van der Waals surface area (Å²) in [7, 11) is 0. The van der Waals surface area contributed by atoms with Crippen LogP contribution in [0.3, 0.4) is 0 Å². The highest BCUT2D eigenvalue weighted by Crippen LogP contribution is 2.28. The molecule has 0 bridgehead atoms. The molecule has 4 heteroatoms. The molecule has 0 aliphatic rings. The van der Waals surface area contributed by atoms with Crippen LogP contribution >= 0.6 is 11.6 Å². The van der Waals surface area contributed by atoms with E-state index in [0.717, 1.165) is 28.3 Å². The van der Waals surface area contributed by atoms with Gasteiger partial charge in [0.25, 0.3) is 0 Å². The molecule has 0 aliphatic heterocycles. The Labute approximate surface area is 117 Å². The van der Waals surface area contributed by atoms with E-state index in [4.69, 9.17) is 11.6 Å². The van der Waals surface area contributed by atoms with Crippen LogP contribution in [0.15, 0.2) is 24.3 Å². The maximum atomic E-state index is 9.24. The second-order valence-corrected chi connectivity index (χ2v) is 4.83. The van der Waals surface area contributed by atoms with E-state index in [-0.39, 0.29) is 0 Å². The summed E-state index contributed by atoms with van der Waals surface area (Å²) in [5.41, 5.74) is 4.78. The normalized spacial score (nSPS) is 10.1. The summed E-state index contributed by atoms with van der Waals surface area (Å²) in [4.78, 5) is 4.30. The van der Waals surface area contributed by atoms with E-state index in [2.05, 4.69) is 16.4 Å². The highest BCUT2D eigenvalue weighted by Gasteiger charge is 2.10. The Bertz CT molecular complexity index is 672. The lowest BCUT2D eigenvalue weighted by molar-refractivity contribution is 1.11. The molecule has 96 valence electrons. The second-order valence-electron chi connectivity index (χ2n) is 4.42. The van der Waals surface area contributed by atoms with Crippen molar-refractivity contribution in [2.45, 2.75) is 20.8 Å². The van der Waals surface area contributed by atoms with E-state index in [1.165, 1.54) is 0 Å². The minimum atomic E-state index is 0.560. The van der Waals surface area contributed by atoms with Crippen LogP contribution in [0.5, 0.6) is 0 Å². The number of aromatic nitrogens is 1. The number of halogens is 1. The Morgan fingerprint density at radius 2 is 1.95 bits per heavy atom. The number of nitrogens with one attached hydrogen (secondary N) is 1. The van der Waals surface area contributed by atoms with Crippen LogP contribution < -0.4 is 5.32 Å². The summed E-state index contributed by atoms with van der Waals surface area (Å²) < 4.78 is 0. The number of hydrogen-bond acceptors (Lipinski definition) is 3. The smallest absolute Gasteiger partial charge is 0.103 e. The Morgan fingerprint density at radius 1 is 1.21 bits per heavy atom. The summed E-state index contributed by atoms with van der Waals surface area (Å²) >= 11 is 6.10. The summed E-state index contributed by atoms with van der Waals surface area (Å²) in [6.07, 6.45) is 0. The van der Waals surface area contributed by atoms with Gasteiger partial charge in [0, 0.05) is 16.4 Å². The fourth-order valence-corrected chi connectivity index (χ4v) is 2.13. The Kier molecular flexibility index (Phi) is 3.73. The first kappa shape index (κ1) is 13.4. The molecule has 0 amide bonds. The number of hydrogen-bond donors (Lipinski definition) is 1. The second kappa shape index (κ2) is 5.29. The monoisotopic (exact) mass is 271 g/mol. The maximum Gasteiger partial charge on any atom is 0.103 e. The van der Waals surface area contributed by atoms with Crippen molar-refractivity contribution in [2.24, 2.45) is 0 Å². The molecule has 0 aliphatic carbocycles. The lowest BCUT2D eigenvalue weighted by Crippen LogP contribution is -2.00. The van der Waals surface area contributed by atoms with E-state index in [1.54, 1.807) is 0 Å². The van der Waals surface area contributed by atoms with Gasteiger partial charge in [-0.25, -0.2) is 0 Å². The van der Waals surface area contributed by atoms with Gasteiger partial charge in [-0.05, 0) is 44.5 Å². The molecule has 0 unspecified atom stereocenters. The molecule has 2 rings (SSSR count). The van der Waals surface area contributed by atoms with Gasteiger partial charge in [-0.2, -0.15) is 5.26 Å². The third-order valence-corrected chi connectivity index (χ3v) is 3.39. The van der Waals surface area contributed by atoms with Crippen molar-refractivity contribution in [1.82, 2.24) is 4.98 Å². The Balaban J connectivity index is 2.50. The number of nitrogens with zero attached hydrogens (tertiary/aromatic N) is 2. The van der Waals surface area contributed by atoms with E-state index in [0.29, 0.717) is 10.6 Å². The molecule has 0 fully saturated rings. The van der Waals surface area contributed by atoms with E-state index < -0.39 is 0 Å². The van der Waals surface area contributed by atoms with Crippen LogP contribution in [0.25, 0.3) is 0 Å². The third-order valence-electron chi connectivity index (χ3n) is 2.98. The number of rotatable bonds is 2. The molecule has 3 nitrogen and oxygen atoms in total. The minimum absolute atomic E-state index is 0.560. The maximum absolute atomic E-state index is 9.24. The van der Waals surface area contributed by atoms with Crippen molar-refractivity contribution in [1.29, 1.82) is 5.26 Å². The van der Waals surface area contributed by atoms with Gasteiger partial charge in [-0.15, -0.1) is 0 Å². The fraction of sp³-hybridized carbons (Fsp3) is 0.200. The lowest BCUT2D eigenvalue weighted by atomic mass is 10.1. The van der Waals surface area contributed by atoms with Crippen molar-refractivity contribution in [3.05, 3.63) is 51.8 Å². The molecule has 1 aromatic heterocycles. The summed E-state index contributed by atoms with van der Waals surface area (Å²) in [6, 6.07) is 9.72. The van der Waals surface area contributed by atoms with E-state index in [9.17, 15) is 5.26 Å². The molecule has 19 heavy (non-hydrogen) atoms. The summed E-state index contributed by atoms with van der Waals surface area (Å²) in [6.45, 7) is 5.68. The number of anilines is 2. The van der Waals surface area contributed by atoms with Gasteiger partial charge in [0.05, 0.1) is 16.9 Å². The SMILES string of the molecule is Cc1cc(Nc2cccc(Cl)c2C)c(C#N)c(C)n1. The van der Waals surface area contributed by atoms with E-state index in [1.807, 2.05) is 45.0 Å². The molecule has 0 saturated heterocycles. The minimum Gasteiger partial charge on any atom is -0.354 e. The average Bonchev–Trinajstić information content (AvgIpc) is 2.34. The van der Waals surface area contributed by atoms with Crippen LogP contribution in [-0.2, 0) is 0 Å². The number of nitriles is 1. The van der Waals surface area contributed by atoms with Crippen LogP contribution in [0.2, 0.25) is 5.02 Å². The fourth-order valence-electron chi connectivity index (χ4n) is 1.96. The van der Waals surface area contributed by atoms with Gasteiger partial charge in [0.15, 0.2) is 0 Å². The van der Waals surface area contributed by atoms with Gasteiger partial charge in [0.1, 0.15) is 6.07 Å². The van der Waals surface area contributed by atoms with Crippen molar-refractivity contribution < 1.29 is 0 Å². The standard InChI is InChI=1S/C15H14ClN3/c1-9-7-15(12(8-17)11(3)18-9)19-14-6-4-5-13(16)10(14)2/h4-7H,1-3H3,(H,18,19).